The molecule has 3 aromatic rings. The molecule has 0 bridgehead atoms. The van der Waals surface area contributed by atoms with Crippen molar-refractivity contribution < 1.29 is 19.4 Å². The van der Waals surface area contributed by atoms with Gasteiger partial charge in [-0.15, -0.1) is 0 Å². The van der Waals surface area contributed by atoms with E-state index >= 15 is 0 Å². The molecule has 1 N–H and O–H groups in total. The summed E-state index contributed by atoms with van der Waals surface area (Å²) in [5, 5.41) is 8.98. The van der Waals surface area contributed by atoms with Gasteiger partial charge in [-0.25, -0.2) is 9.78 Å². The highest BCUT2D eigenvalue weighted by Gasteiger charge is 2.07. The first-order chi connectivity index (χ1) is 10.7. The lowest BCUT2D eigenvalue weighted by atomic mass is 10.3. The fourth-order valence-electron chi connectivity index (χ4n) is 2.09. The zero-order chi connectivity index (χ0) is 15.5. The van der Waals surface area contributed by atoms with Crippen molar-refractivity contribution in [2.45, 2.75) is 6.61 Å². The maximum atomic E-state index is 11.0. The molecule has 112 valence electrons. The normalized spacial score (nSPS) is 10.6. The van der Waals surface area contributed by atoms with Gasteiger partial charge in [0.2, 0.25) is 0 Å². The summed E-state index contributed by atoms with van der Waals surface area (Å²) in [4.78, 5) is 15.3. The predicted octanol–water partition coefficient (Wildman–Crippen LogP) is 2.62. The van der Waals surface area contributed by atoms with Crippen LogP contribution in [0.25, 0.3) is 5.65 Å². The van der Waals surface area contributed by atoms with E-state index in [1.165, 1.54) is 12.3 Å². The molecule has 0 saturated carbocycles. The van der Waals surface area contributed by atoms with E-state index < -0.39 is 5.97 Å². The van der Waals surface area contributed by atoms with E-state index in [0.29, 0.717) is 17.1 Å². The number of methoxy groups -OCH3 is 1. The van der Waals surface area contributed by atoms with E-state index in [0.717, 1.165) is 5.75 Å². The average molecular weight is 298 g/mol. The van der Waals surface area contributed by atoms with E-state index in [9.17, 15) is 4.79 Å². The van der Waals surface area contributed by atoms with Gasteiger partial charge in [-0.1, -0.05) is 6.07 Å². The minimum atomic E-state index is -0.968. The number of carbonyl (C=O) groups is 1. The molecule has 0 spiro atoms. The summed E-state index contributed by atoms with van der Waals surface area (Å²) in [6, 6.07) is 10.5. The largest absolute Gasteiger partial charge is 0.497 e. The van der Waals surface area contributed by atoms with Crippen molar-refractivity contribution in [3.8, 4) is 11.5 Å². The van der Waals surface area contributed by atoms with Gasteiger partial charge in [0.25, 0.3) is 0 Å². The van der Waals surface area contributed by atoms with Crippen molar-refractivity contribution >= 4 is 11.6 Å². The molecule has 0 radical (unpaired) electrons. The second kappa shape index (κ2) is 5.77. The Bertz CT molecular complexity index is 826. The summed E-state index contributed by atoms with van der Waals surface area (Å²) >= 11 is 0. The molecule has 0 amide bonds. The highest BCUT2D eigenvalue weighted by molar-refractivity contribution is 5.87. The van der Waals surface area contributed by atoms with E-state index in [-0.39, 0.29) is 12.2 Å². The van der Waals surface area contributed by atoms with Gasteiger partial charge in [0.1, 0.15) is 23.8 Å². The quantitative estimate of drug-likeness (QED) is 0.784. The smallest absolute Gasteiger partial charge is 0.337 e. The molecular weight excluding hydrogens is 284 g/mol. The third kappa shape index (κ3) is 2.85. The number of nitrogens with zero attached hydrogens (tertiary/aromatic N) is 2. The van der Waals surface area contributed by atoms with Gasteiger partial charge in [-0.3, -0.25) is 0 Å². The molecular formula is C16H14N2O4. The van der Waals surface area contributed by atoms with Gasteiger partial charge in [0.15, 0.2) is 0 Å². The van der Waals surface area contributed by atoms with Crippen molar-refractivity contribution in [1.29, 1.82) is 0 Å². The fraction of sp³-hybridized carbons (Fsp3) is 0.125. The molecule has 0 aliphatic heterocycles. The highest BCUT2D eigenvalue weighted by Crippen LogP contribution is 2.20. The third-order valence-electron chi connectivity index (χ3n) is 3.18. The number of carboxylic acids is 1. The number of aromatic carboxylic acids is 1. The van der Waals surface area contributed by atoms with Crippen LogP contribution in [0.5, 0.6) is 11.5 Å². The standard InChI is InChI=1S/C16H14N2O4/c1-21-13-3-2-4-14(7-13)22-10-12-9-18-8-11(16(19)20)5-6-15(18)17-12/h2-9H,10H2,1H3,(H,19,20). The van der Waals surface area contributed by atoms with Crippen LogP contribution in [-0.2, 0) is 6.61 Å². The minimum Gasteiger partial charge on any atom is -0.497 e. The summed E-state index contributed by atoms with van der Waals surface area (Å²) in [5.41, 5.74) is 1.60. The zero-order valence-electron chi connectivity index (χ0n) is 11.9. The molecule has 2 heterocycles. The number of hydrogen-bond acceptors (Lipinski definition) is 4. The van der Waals surface area contributed by atoms with Crippen molar-refractivity contribution in [3.05, 3.63) is 60.0 Å². The van der Waals surface area contributed by atoms with Crippen LogP contribution in [0.15, 0.2) is 48.8 Å². The first-order valence-electron chi connectivity index (χ1n) is 6.63. The van der Waals surface area contributed by atoms with Gasteiger partial charge in [0, 0.05) is 18.5 Å². The van der Waals surface area contributed by atoms with Gasteiger partial charge in [0.05, 0.1) is 18.4 Å². The number of carboxylic acid groups (broad SMARTS) is 1. The lowest BCUT2D eigenvalue weighted by molar-refractivity contribution is 0.0696. The average Bonchev–Trinajstić information content (AvgIpc) is 2.95. The maximum absolute atomic E-state index is 11.0. The van der Waals surface area contributed by atoms with Crippen LogP contribution in [-0.4, -0.2) is 27.6 Å². The van der Waals surface area contributed by atoms with Crippen molar-refractivity contribution in [2.24, 2.45) is 0 Å². The number of hydrogen-bond donors (Lipinski definition) is 1. The number of benzene rings is 1. The van der Waals surface area contributed by atoms with Crippen molar-refractivity contribution in [3.63, 3.8) is 0 Å². The molecule has 2 aromatic heterocycles. The summed E-state index contributed by atoms with van der Waals surface area (Å²) in [6.07, 6.45) is 3.28. The minimum absolute atomic E-state index is 0.213. The predicted molar refractivity (Wildman–Crippen MR) is 79.5 cm³/mol. The summed E-state index contributed by atoms with van der Waals surface area (Å²) in [6.45, 7) is 0.289. The molecule has 0 saturated heterocycles. The van der Waals surface area contributed by atoms with Crippen LogP contribution in [0.4, 0.5) is 0 Å². The molecule has 6 heteroatoms. The number of fused-ring (bicyclic) bond motifs is 1. The third-order valence-corrected chi connectivity index (χ3v) is 3.18. The molecule has 0 unspecified atom stereocenters. The molecule has 0 aliphatic rings. The molecule has 0 aliphatic carbocycles. The SMILES string of the molecule is COc1cccc(OCc2cn3cc(C(=O)O)ccc3n2)c1. The van der Waals surface area contributed by atoms with Gasteiger partial charge in [-0.05, 0) is 24.3 Å². The molecule has 3 rings (SSSR count). The van der Waals surface area contributed by atoms with Crippen molar-refractivity contribution in [1.82, 2.24) is 9.38 Å². The molecule has 0 fully saturated rings. The number of pyridine rings is 1. The fourth-order valence-corrected chi connectivity index (χ4v) is 2.09. The molecule has 1 aromatic carbocycles. The molecule has 6 nitrogen and oxygen atoms in total. The Morgan fingerprint density at radius 2 is 2.05 bits per heavy atom. The second-order valence-corrected chi connectivity index (χ2v) is 4.69. The van der Waals surface area contributed by atoms with E-state index in [2.05, 4.69) is 4.98 Å². The molecule has 22 heavy (non-hydrogen) atoms. The Balaban J connectivity index is 1.77. The van der Waals surface area contributed by atoms with Crippen molar-refractivity contribution in [2.75, 3.05) is 7.11 Å². The van der Waals surface area contributed by atoms with E-state index in [4.69, 9.17) is 14.6 Å². The van der Waals surface area contributed by atoms with Crippen LogP contribution >= 0.6 is 0 Å². The number of imidazole rings is 1. The van der Waals surface area contributed by atoms with Crippen LogP contribution in [0.2, 0.25) is 0 Å². The Labute approximate surface area is 126 Å². The first-order valence-corrected chi connectivity index (χ1v) is 6.63. The van der Waals surface area contributed by atoms with Crippen LogP contribution in [0.3, 0.4) is 0 Å². The number of aromatic nitrogens is 2. The van der Waals surface area contributed by atoms with E-state index in [1.54, 1.807) is 29.8 Å². The van der Waals surface area contributed by atoms with Gasteiger partial charge >= 0.3 is 5.97 Å². The van der Waals surface area contributed by atoms with Crippen LogP contribution in [0.1, 0.15) is 16.1 Å². The number of ether oxygens (including phenoxy) is 2. The highest BCUT2D eigenvalue weighted by atomic mass is 16.5. The van der Waals surface area contributed by atoms with Gasteiger partial charge < -0.3 is 19.0 Å². The summed E-state index contributed by atoms with van der Waals surface area (Å²) in [5.74, 6) is 0.436. The zero-order valence-corrected chi connectivity index (χ0v) is 11.9. The Morgan fingerprint density at radius 3 is 2.82 bits per heavy atom. The lowest BCUT2D eigenvalue weighted by Crippen LogP contribution is -1.97. The Kier molecular flexibility index (Phi) is 3.65. The lowest BCUT2D eigenvalue weighted by Gasteiger charge is -2.05. The van der Waals surface area contributed by atoms with Gasteiger partial charge in [-0.2, -0.15) is 0 Å². The molecule has 0 atom stereocenters. The monoisotopic (exact) mass is 298 g/mol. The topological polar surface area (TPSA) is 73.1 Å². The van der Waals surface area contributed by atoms with E-state index in [1.807, 2.05) is 18.2 Å². The first kappa shape index (κ1) is 13.9. The summed E-state index contributed by atoms with van der Waals surface area (Å²) in [7, 11) is 1.60. The Hall–Kier alpha value is -3.02. The Morgan fingerprint density at radius 1 is 1.23 bits per heavy atom. The number of rotatable bonds is 5. The summed E-state index contributed by atoms with van der Waals surface area (Å²) < 4.78 is 12.5. The van der Waals surface area contributed by atoms with Crippen LogP contribution in [0, 0.1) is 0 Å². The second-order valence-electron chi connectivity index (χ2n) is 4.69. The van der Waals surface area contributed by atoms with Crippen LogP contribution < -0.4 is 9.47 Å². The maximum Gasteiger partial charge on any atom is 0.337 e.